The maximum atomic E-state index is 14.5. The van der Waals surface area contributed by atoms with Crippen LogP contribution in [0.4, 0.5) is 4.39 Å². The Morgan fingerprint density at radius 2 is 2.12 bits per heavy atom. The SMILES string of the molecule is COc1cccc(C(NCc2ccc3c(c2F)OCCO3)C(=O)O)c1. The smallest absolute Gasteiger partial charge is 0.325 e. The van der Waals surface area contributed by atoms with E-state index in [0.717, 1.165) is 0 Å². The van der Waals surface area contributed by atoms with Gasteiger partial charge in [-0.25, -0.2) is 4.39 Å². The lowest BCUT2D eigenvalue weighted by atomic mass is 10.1. The van der Waals surface area contributed by atoms with Crippen LogP contribution in [-0.4, -0.2) is 31.4 Å². The van der Waals surface area contributed by atoms with Crippen molar-refractivity contribution in [3.8, 4) is 17.2 Å². The van der Waals surface area contributed by atoms with Gasteiger partial charge in [-0.1, -0.05) is 18.2 Å². The molecule has 0 bridgehead atoms. The fourth-order valence-electron chi connectivity index (χ4n) is 2.64. The predicted molar refractivity (Wildman–Crippen MR) is 87.6 cm³/mol. The first-order valence-corrected chi connectivity index (χ1v) is 7.77. The van der Waals surface area contributed by atoms with Crippen LogP contribution >= 0.6 is 0 Å². The Bertz CT molecular complexity index is 780. The highest BCUT2D eigenvalue weighted by molar-refractivity contribution is 5.75. The van der Waals surface area contributed by atoms with Gasteiger partial charge in [0.25, 0.3) is 0 Å². The lowest BCUT2D eigenvalue weighted by Gasteiger charge is -2.21. The highest BCUT2D eigenvalue weighted by Gasteiger charge is 2.23. The van der Waals surface area contributed by atoms with E-state index in [-0.39, 0.29) is 18.9 Å². The molecule has 1 aliphatic heterocycles. The molecule has 0 aliphatic carbocycles. The minimum atomic E-state index is -1.06. The van der Waals surface area contributed by atoms with Gasteiger partial charge in [0.2, 0.25) is 0 Å². The normalized spacial score (nSPS) is 14.0. The van der Waals surface area contributed by atoms with Crippen molar-refractivity contribution in [2.45, 2.75) is 12.6 Å². The molecule has 132 valence electrons. The number of carbonyl (C=O) groups is 1. The molecule has 1 aliphatic rings. The summed E-state index contributed by atoms with van der Waals surface area (Å²) in [4.78, 5) is 11.6. The molecule has 0 spiro atoms. The third-order valence-corrected chi connectivity index (χ3v) is 3.90. The van der Waals surface area contributed by atoms with Gasteiger partial charge in [-0.15, -0.1) is 0 Å². The standard InChI is InChI=1S/C18H18FNO5/c1-23-13-4-2-3-11(9-13)16(18(21)22)20-10-12-5-6-14-17(15(12)19)25-8-7-24-14/h2-6,9,16,20H,7-8,10H2,1H3,(H,21,22). The van der Waals surface area contributed by atoms with E-state index in [1.165, 1.54) is 7.11 Å². The fraction of sp³-hybridized carbons (Fsp3) is 0.278. The Morgan fingerprint density at radius 1 is 1.32 bits per heavy atom. The number of rotatable bonds is 6. The molecule has 2 aromatic carbocycles. The van der Waals surface area contributed by atoms with Crippen LogP contribution in [0.2, 0.25) is 0 Å². The number of aliphatic carboxylic acids is 1. The fourth-order valence-corrected chi connectivity index (χ4v) is 2.64. The average Bonchev–Trinajstić information content (AvgIpc) is 2.64. The molecule has 0 radical (unpaired) electrons. The average molecular weight is 347 g/mol. The van der Waals surface area contributed by atoms with Gasteiger partial charge in [0, 0.05) is 12.1 Å². The van der Waals surface area contributed by atoms with Crippen LogP contribution in [0.1, 0.15) is 17.2 Å². The summed E-state index contributed by atoms with van der Waals surface area (Å²) in [7, 11) is 1.51. The minimum absolute atomic E-state index is 0.0245. The molecule has 1 heterocycles. The molecule has 25 heavy (non-hydrogen) atoms. The number of nitrogens with one attached hydrogen (secondary N) is 1. The third kappa shape index (κ3) is 3.66. The molecule has 6 nitrogen and oxygen atoms in total. The largest absolute Gasteiger partial charge is 0.497 e. The van der Waals surface area contributed by atoms with Crippen molar-refractivity contribution in [3.05, 3.63) is 53.3 Å². The first-order chi connectivity index (χ1) is 12.1. The van der Waals surface area contributed by atoms with Crippen molar-refractivity contribution in [3.63, 3.8) is 0 Å². The molecule has 3 rings (SSSR count). The number of benzene rings is 2. The van der Waals surface area contributed by atoms with Gasteiger partial charge in [0.15, 0.2) is 17.3 Å². The van der Waals surface area contributed by atoms with Crippen LogP contribution < -0.4 is 19.5 Å². The van der Waals surface area contributed by atoms with Crippen LogP contribution in [0, 0.1) is 5.82 Å². The summed E-state index contributed by atoms with van der Waals surface area (Å²) in [6, 6.07) is 8.92. The Kier molecular flexibility index (Phi) is 5.04. The second-order valence-electron chi connectivity index (χ2n) is 5.49. The van der Waals surface area contributed by atoms with Gasteiger partial charge in [-0.3, -0.25) is 10.1 Å². The minimum Gasteiger partial charge on any atom is -0.497 e. The Balaban J connectivity index is 1.79. The van der Waals surface area contributed by atoms with Crippen LogP contribution in [0.5, 0.6) is 17.2 Å². The summed E-state index contributed by atoms with van der Waals surface area (Å²) >= 11 is 0. The van der Waals surface area contributed by atoms with Gasteiger partial charge >= 0.3 is 5.97 Å². The van der Waals surface area contributed by atoms with Crippen molar-refractivity contribution in [1.29, 1.82) is 0 Å². The highest BCUT2D eigenvalue weighted by atomic mass is 19.1. The van der Waals surface area contributed by atoms with Crippen molar-refractivity contribution >= 4 is 5.97 Å². The van der Waals surface area contributed by atoms with Crippen molar-refractivity contribution in [1.82, 2.24) is 5.32 Å². The van der Waals surface area contributed by atoms with E-state index < -0.39 is 17.8 Å². The first-order valence-electron chi connectivity index (χ1n) is 7.77. The number of hydrogen-bond acceptors (Lipinski definition) is 5. The Hall–Kier alpha value is -2.80. The number of halogens is 1. The van der Waals surface area contributed by atoms with Crippen LogP contribution in [-0.2, 0) is 11.3 Å². The van der Waals surface area contributed by atoms with E-state index in [4.69, 9.17) is 14.2 Å². The molecule has 1 unspecified atom stereocenters. The second-order valence-corrected chi connectivity index (χ2v) is 5.49. The molecular formula is C18H18FNO5. The van der Waals surface area contributed by atoms with Crippen LogP contribution in [0.15, 0.2) is 36.4 Å². The molecule has 0 saturated heterocycles. The lowest BCUT2D eigenvalue weighted by Crippen LogP contribution is -2.28. The summed E-state index contributed by atoms with van der Waals surface area (Å²) in [5.41, 5.74) is 0.822. The van der Waals surface area contributed by atoms with E-state index in [2.05, 4.69) is 5.32 Å². The summed E-state index contributed by atoms with van der Waals surface area (Å²) in [6.07, 6.45) is 0. The van der Waals surface area contributed by atoms with Gasteiger partial charge in [0.1, 0.15) is 25.0 Å². The summed E-state index contributed by atoms with van der Waals surface area (Å²) in [5, 5.41) is 12.3. The topological polar surface area (TPSA) is 77.0 Å². The van der Waals surface area contributed by atoms with Gasteiger partial charge in [-0.2, -0.15) is 0 Å². The Morgan fingerprint density at radius 3 is 2.88 bits per heavy atom. The number of hydrogen-bond donors (Lipinski definition) is 2. The molecule has 0 aromatic heterocycles. The lowest BCUT2D eigenvalue weighted by molar-refractivity contribution is -0.139. The number of ether oxygens (including phenoxy) is 3. The zero-order valence-corrected chi connectivity index (χ0v) is 13.6. The number of fused-ring (bicyclic) bond motifs is 1. The number of carboxylic acids is 1. The number of methoxy groups -OCH3 is 1. The zero-order valence-electron chi connectivity index (χ0n) is 13.6. The first kappa shape index (κ1) is 17.0. The van der Waals surface area contributed by atoms with Crippen molar-refractivity contribution in [2.75, 3.05) is 20.3 Å². The quantitative estimate of drug-likeness (QED) is 0.836. The van der Waals surface area contributed by atoms with E-state index in [0.29, 0.717) is 29.2 Å². The molecule has 2 aromatic rings. The number of carboxylic acid groups (broad SMARTS) is 1. The molecule has 0 amide bonds. The summed E-state index contributed by atoms with van der Waals surface area (Å²) < 4.78 is 30.3. The monoisotopic (exact) mass is 347 g/mol. The molecular weight excluding hydrogens is 329 g/mol. The molecule has 7 heteroatoms. The molecule has 1 atom stereocenters. The second kappa shape index (κ2) is 7.40. The van der Waals surface area contributed by atoms with Gasteiger partial charge in [0.05, 0.1) is 7.11 Å². The van der Waals surface area contributed by atoms with Crippen LogP contribution in [0.3, 0.4) is 0 Å². The van der Waals surface area contributed by atoms with E-state index >= 15 is 0 Å². The van der Waals surface area contributed by atoms with E-state index in [9.17, 15) is 14.3 Å². The van der Waals surface area contributed by atoms with Gasteiger partial charge < -0.3 is 19.3 Å². The summed E-state index contributed by atoms with van der Waals surface area (Å²) in [6.45, 7) is 0.681. The van der Waals surface area contributed by atoms with E-state index in [1.807, 2.05) is 0 Å². The van der Waals surface area contributed by atoms with Crippen LogP contribution in [0.25, 0.3) is 0 Å². The molecule has 0 saturated carbocycles. The van der Waals surface area contributed by atoms with E-state index in [1.54, 1.807) is 36.4 Å². The highest BCUT2D eigenvalue weighted by Crippen LogP contribution is 2.34. The maximum Gasteiger partial charge on any atom is 0.325 e. The predicted octanol–water partition coefficient (Wildman–Crippen LogP) is 2.52. The molecule has 0 fully saturated rings. The van der Waals surface area contributed by atoms with Crippen molar-refractivity contribution in [2.24, 2.45) is 0 Å². The Labute approximate surface area is 144 Å². The third-order valence-electron chi connectivity index (χ3n) is 3.90. The zero-order chi connectivity index (χ0) is 17.8. The van der Waals surface area contributed by atoms with Crippen molar-refractivity contribution < 1.29 is 28.5 Å². The molecule has 2 N–H and O–H groups in total. The maximum absolute atomic E-state index is 14.5. The van der Waals surface area contributed by atoms with Gasteiger partial charge in [-0.05, 0) is 23.8 Å². The summed E-state index contributed by atoms with van der Waals surface area (Å²) in [5.74, 6) is -0.629.